The van der Waals surface area contributed by atoms with Gasteiger partial charge in [0.15, 0.2) is 0 Å². The molecule has 0 radical (unpaired) electrons. The highest BCUT2D eigenvalue weighted by molar-refractivity contribution is 5.38. The lowest BCUT2D eigenvalue weighted by atomic mass is 9.75. The van der Waals surface area contributed by atoms with Crippen molar-refractivity contribution in [1.82, 2.24) is 14.9 Å². The molecule has 2 rings (SSSR count). The van der Waals surface area contributed by atoms with Crippen molar-refractivity contribution >= 4 is 11.6 Å². The van der Waals surface area contributed by atoms with E-state index in [2.05, 4.69) is 34.3 Å². The summed E-state index contributed by atoms with van der Waals surface area (Å²) in [6, 6.07) is 0. The first-order valence-electron chi connectivity index (χ1n) is 5.61. The molecule has 1 fully saturated rings. The van der Waals surface area contributed by atoms with Crippen LogP contribution in [0.3, 0.4) is 0 Å². The summed E-state index contributed by atoms with van der Waals surface area (Å²) in [6.45, 7) is 0.901. The Morgan fingerprint density at radius 2 is 2.19 bits per heavy atom. The van der Waals surface area contributed by atoms with E-state index in [0.717, 1.165) is 12.4 Å². The minimum Gasteiger partial charge on any atom is -0.382 e. The van der Waals surface area contributed by atoms with Gasteiger partial charge < -0.3 is 16.0 Å². The van der Waals surface area contributed by atoms with Crippen molar-refractivity contribution in [3.63, 3.8) is 0 Å². The Balaban J connectivity index is 1.96. The van der Waals surface area contributed by atoms with Crippen LogP contribution < -0.4 is 11.1 Å². The number of nitrogens with one attached hydrogen (secondary N) is 1. The van der Waals surface area contributed by atoms with Gasteiger partial charge in [-0.15, -0.1) is 0 Å². The Kier molecular flexibility index (Phi) is 2.96. The molecule has 1 aromatic rings. The molecule has 1 heterocycles. The molecule has 5 nitrogen and oxygen atoms in total. The predicted octanol–water partition coefficient (Wildman–Crippen LogP) is 0.955. The third-order valence-electron chi connectivity index (χ3n) is 3.48. The molecule has 0 amide bonds. The molecule has 1 aliphatic rings. The number of likely N-dealkylation sites (N-methyl/N-ethyl adjacent to an activating group) is 1. The van der Waals surface area contributed by atoms with Crippen LogP contribution in [0.5, 0.6) is 0 Å². The monoisotopic (exact) mass is 221 g/mol. The number of anilines is 2. The highest BCUT2D eigenvalue weighted by atomic mass is 15.2. The van der Waals surface area contributed by atoms with E-state index in [-0.39, 0.29) is 5.54 Å². The maximum Gasteiger partial charge on any atom is 0.147 e. The zero-order valence-electron chi connectivity index (χ0n) is 9.90. The van der Waals surface area contributed by atoms with Gasteiger partial charge in [-0.1, -0.05) is 0 Å². The minimum absolute atomic E-state index is 0.284. The summed E-state index contributed by atoms with van der Waals surface area (Å²) in [6.07, 6.45) is 7.04. The van der Waals surface area contributed by atoms with Gasteiger partial charge in [0.05, 0.1) is 12.4 Å². The van der Waals surface area contributed by atoms with Crippen molar-refractivity contribution in [2.24, 2.45) is 0 Å². The topological polar surface area (TPSA) is 67.1 Å². The molecule has 0 spiro atoms. The molecule has 88 valence electrons. The standard InChI is InChI=1S/C11H19N5/c1-16(2)11(4-3-5-11)8-14-10-7-13-6-9(12)15-10/h6-7H,3-5,8H2,1-2H3,(H3,12,14,15). The van der Waals surface area contributed by atoms with Crippen molar-refractivity contribution in [3.8, 4) is 0 Å². The van der Waals surface area contributed by atoms with Crippen LogP contribution in [0.25, 0.3) is 0 Å². The van der Waals surface area contributed by atoms with Gasteiger partial charge in [0.2, 0.25) is 0 Å². The Morgan fingerprint density at radius 1 is 1.44 bits per heavy atom. The zero-order chi connectivity index (χ0) is 11.6. The number of aromatic nitrogens is 2. The number of nitrogen functional groups attached to an aromatic ring is 1. The lowest BCUT2D eigenvalue weighted by Gasteiger charge is -2.47. The van der Waals surface area contributed by atoms with Crippen LogP contribution in [0.4, 0.5) is 11.6 Å². The van der Waals surface area contributed by atoms with Crippen LogP contribution in [0.2, 0.25) is 0 Å². The number of hydrogen-bond donors (Lipinski definition) is 2. The minimum atomic E-state index is 0.284. The van der Waals surface area contributed by atoms with Crippen LogP contribution >= 0.6 is 0 Å². The molecule has 1 aliphatic carbocycles. The Hall–Kier alpha value is -1.36. The van der Waals surface area contributed by atoms with Crippen molar-refractivity contribution in [2.45, 2.75) is 24.8 Å². The molecule has 5 heteroatoms. The van der Waals surface area contributed by atoms with Gasteiger partial charge >= 0.3 is 0 Å². The quantitative estimate of drug-likeness (QED) is 0.792. The molecular formula is C11H19N5. The van der Waals surface area contributed by atoms with Gasteiger partial charge in [-0.25, -0.2) is 4.98 Å². The Bertz CT molecular complexity index is 359. The lowest BCUT2D eigenvalue weighted by Crippen LogP contribution is -2.54. The van der Waals surface area contributed by atoms with Crippen LogP contribution in [0.15, 0.2) is 12.4 Å². The highest BCUT2D eigenvalue weighted by Gasteiger charge is 2.38. The highest BCUT2D eigenvalue weighted by Crippen LogP contribution is 2.36. The average Bonchev–Trinajstić information content (AvgIpc) is 2.15. The van der Waals surface area contributed by atoms with Crippen LogP contribution in [0, 0.1) is 0 Å². The molecule has 16 heavy (non-hydrogen) atoms. The first kappa shape index (κ1) is 11.1. The lowest BCUT2D eigenvalue weighted by molar-refractivity contribution is 0.0738. The summed E-state index contributed by atoms with van der Waals surface area (Å²) in [5.74, 6) is 1.21. The van der Waals surface area contributed by atoms with E-state index in [0.29, 0.717) is 5.82 Å². The summed E-state index contributed by atoms with van der Waals surface area (Å²) in [5, 5.41) is 3.31. The third-order valence-corrected chi connectivity index (χ3v) is 3.48. The third kappa shape index (κ3) is 2.09. The second kappa shape index (κ2) is 4.25. The maximum absolute atomic E-state index is 5.58. The summed E-state index contributed by atoms with van der Waals surface area (Å²) in [7, 11) is 4.26. The molecular weight excluding hydrogens is 202 g/mol. The molecule has 0 atom stereocenters. The summed E-state index contributed by atoms with van der Waals surface area (Å²) in [5.41, 5.74) is 5.86. The van der Waals surface area contributed by atoms with E-state index < -0.39 is 0 Å². The van der Waals surface area contributed by atoms with Crippen molar-refractivity contribution in [1.29, 1.82) is 0 Å². The van der Waals surface area contributed by atoms with Crippen molar-refractivity contribution in [3.05, 3.63) is 12.4 Å². The molecule has 1 saturated carbocycles. The molecule has 0 saturated heterocycles. The van der Waals surface area contributed by atoms with Crippen molar-refractivity contribution < 1.29 is 0 Å². The number of rotatable bonds is 4. The Morgan fingerprint density at radius 3 is 2.69 bits per heavy atom. The van der Waals surface area contributed by atoms with Gasteiger partial charge in [-0.3, -0.25) is 4.98 Å². The van der Waals surface area contributed by atoms with Crippen molar-refractivity contribution in [2.75, 3.05) is 31.7 Å². The number of nitrogens with zero attached hydrogens (tertiary/aromatic N) is 3. The average molecular weight is 221 g/mol. The summed E-state index contributed by atoms with van der Waals surface area (Å²) >= 11 is 0. The zero-order valence-corrected chi connectivity index (χ0v) is 9.90. The second-order valence-corrected chi connectivity index (χ2v) is 4.66. The molecule has 0 aromatic carbocycles. The molecule has 0 unspecified atom stereocenters. The number of hydrogen-bond acceptors (Lipinski definition) is 5. The van der Waals surface area contributed by atoms with Crippen LogP contribution in [-0.2, 0) is 0 Å². The fourth-order valence-electron chi connectivity index (χ4n) is 2.09. The predicted molar refractivity (Wildman–Crippen MR) is 65.2 cm³/mol. The van der Waals surface area contributed by atoms with Crippen LogP contribution in [0.1, 0.15) is 19.3 Å². The normalized spacial score (nSPS) is 18.2. The largest absolute Gasteiger partial charge is 0.382 e. The van der Waals surface area contributed by atoms with E-state index in [4.69, 9.17) is 5.73 Å². The number of nitrogens with two attached hydrogens (primary N) is 1. The fraction of sp³-hybridized carbons (Fsp3) is 0.636. The summed E-state index contributed by atoms with van der Waals surface area (Å²) in [4.78, 5) is 10.5. The van der Waals surface area contributed by atoms with Gasteiger partial charge in [-0.2, -0.15) is 0 Å². The summed E-state index contributed by atoms with van der Waals surface area (Å²) < 4.78 is 0. The Labute approximate surface area is 96.1 Å². The molecule has 0 bridgehead atoms. The second-order valence-electron chi connectivity index (χ2n) is 4.66. The van der Waals surface area contributed by atoms with Gasteiger partial charge in [0.25, 0.3) is 0 Å². The first-order valence-corrected chi connectivity index (χ1v) is 5.61. The molecule has 0 aliphatic heterocycles. The SMILES string of the molecule is CN(C)C1(CNc2cncc(N)n2)CCC1. The van der Waals surface area contributed by atoms with E-state index in [9.17, 15) is 0 Å². The van der Waals surface area contributed by atoms with E-state index >= 15 is 0 Å². The van der Waals surface area contributed by atoms with Gasteiger partial charge in [0.1, 0.15) is 11.6 Å². The van der Waals surface area contributed by atoms with E-state index in [1.165, 1.54) is 19.3 Å². The smallest absolute Gasteiger partial charge is 0.147 e. The maximum atomic E-state index is 5.58. The van der Waals surface area contributed by atoms with Gasteiger partial charge in [0, 0.05) is 12.1 Å². The van der Waals surface area contributed by atoms with Crippen LogP contribution in [-0.4, -0.2) is 41.0 Å². The van der Waals surface area contributed by atoms with E-state index in [1.54, 1.807) is 12.4 Å². The fourth-order valence-corrected chi connectivity index (χ4v) is 2.09. The first-order chi connectivity index (χ1) is 7.62. The van der Waals surface area contributed by atoms with Gasteiger partial charge in [-0.05, 0) is 33.4 Å². The molecule has 3 N–H and O–H groups in total. The molecule has 1 aromatic heterocycles. The van der Waals surface area contributed by atoms with E-state index in [1.807, 2.05) is 0 Å².